The number of fused-ring (bicyclic) bond motifs is 1. The molecule has 3 rings (SSSR count). The zero-order valence-electron chi connectivity index (χ0n) is 12.2. The number of aromatic nitrogens is 2. The Bertz CT molecular complexity index is 592. The number of hydrogen-bond acceptors (Lipinski definition) is 3. The van der Waals surface area contributed by atoms with Gasteiger partial charge in [-0.1, -0.05) is 12.1 Å². The predicted molar refractivity (Wildman–Crippen MR) is 80.5 cm³/mol. The van der Waals surface area contributed by atoms with E-state index in [1.807, 2.05) is 12.1 Å². The number of nitrogens with one attached hydrogen (secondary N) is 1. The van der Waals surface area contributed by atoms with Crippen LogP contribution in [-0.2, 0) is 7.05 Å². The summed E-state index contributed by atoms with van der Waals surface area (Å²) < 4.78 is 2.16. The molecule has 1 aromatic heterocycles. The SMILES string of the molecule is CC(NC1CCCC(O)C1)c1nc2ccccc2n1C. The number of rotatable bonds is 3. The van der Waals surface area contributed by atoms with Gasteiger partial charge < -0.3 is 15.0 Å². The van der Waals surface area contributed by atoms with Crippen molar-refractivity contribution in [1.29, 1.82) is 0 Å². The lowest BCUT2D eigenvalue weighted by Gasteiger charge is -2.29. The first kappa shape index (κ1) is 13.6. The number of hydrogen-bond donors (Lipinski definition) is 2. The molecule has 0 bridgehead atoms. The number of aliphatic hydroxyl groups is 1. The minimum atomic E-state index is -0.145. The van der Waals surface area contributed by atoms with Gasteiger partial charge in [-0.3, -0.25) is 0 Å². The van der Waals surface area contributed by atoms with Gasteiger partial charge in [-0.2, -0.15) is 0 Å². The highest BCUT2D eigenvalue weighted by Gasteiger charge is 2.23. The van der Waals surface area contributed by atoms with Crippen LogP contribution in [0.25, 0.3) is 11.0 Å². The van der Waals surface area contributed by atoms with Crippen LogP contribution < -0.4 is 5.32 Å². The average molecular weight is 273 g/mol. The number of aliphatic hydroxyl groups excluding tert-OH is 1. The standard InChI is InChI=1S/C16H23N3O/c1-11(17-12-6-5-7-13(20)10-12)16-18-14-8-3-4-9-15(14)19(16)2/h3-4,8-9,11-13,17,20H,5-7,10H2,1-2H3. The molecule has 0 saturated heterocycles. The van der Waals surface area contributed by atoms with Crippen LogP contribution in [0.15, 0.2) is 24.3 Å². The smallest absolute Gasteiger partial charge is 0.126 e. The van der Waals surface area contributed by atoms with Gasteiger partial charge in [0.1, 0.15) is 5.82 Å². The van der Waals surface area contributed by atoms with Crippen LogP contribution in [0, 0.1) is 0 Å². The van der Waals surface area contributed by atoms with E-state index < -0.39 is 0 Å². The molecule has 1 aliphatic rings. The largest absolute Gasteiger partial charge is 0.393 e. The molecule has 1 fully saturated rings. The van der Waals surface area contributed by atoms with Crippen LogP contribution in [0.4, 0.5) is 0 Å². The van der Waals surface area contributed by atoms with E-state index >= 15 is 0 Å². The van der Waals surface area contributed by atoms with Gasteiger partial charge in [0, 0.05) is 13.1 Å². The third-order valence-corrected chi connectivity index (χ3v) is 4.34. The first-order valence-corrected chi connectivity index (χ1v) is 7.50. The van der Waals surface area contributed by atoms with Crippen molar-refractivity contribution in [3.05, 3.63) is 30.1 Å². The second-order valence-corrected chi connectivity index (χ2v) is 5.92. The summed E-state index contributed by atoms with van der Waals surface area (Å²) in [6.45, 7) is 2.15. The van der Waals surface area contributed by atoms with Crippen molar-refractivity contribution in [1.82, 2.24) is 14.9 Å². The predicted octanol–water partition coefficient (Wildman–Crippen LogP) is 2.53. The molecule has 1 aromatic carbocycles. The van der Waals surface area contributed by atoms with E-state index in [0.717, 1.165) is 37.0 Å². The quantitative estimate of drug-likeness (QED) is 0.903. The molecule has 0 radical (unpaired) electrons. The van der Waals surface area contributed by atoms with Crippen molar-refractivity contribution in [2.45, 2.75) is 50.8 Å². The van der Waals surface area contributed by atoms with Crippen molar-refractivity contribution >= 4 is 11.0 Å². The normalized spacial score (nSPS) is 24.9. The molecular weight excluding hydrogens is 250 g/mol. The second kappa shape index (κ2) is 5.54. The molecule has 4 nitrogen and oxygen atoms in total. The van der Waals surface area contributed by atoms with Crippen LogP contribution in [0.1, 0.15) is 44.5 Å². The molecule has 0 amide bonds. The highest BCUT2D eigenvalue weighted by molar-refractivity contribution is 5.75. The topological polar surface area (TPSA) is 50.1 Å². The zero-order valence-corrected chi connectivity index (χ0v) is 12.2. The molecule has 4 heteroatoms. The van der Waals surface area contributed by atoms with Gasteiger partial charge in [0.15, 0.2) is 0 Å². The lowest BCUT2D eigenvalue weighted by Crippen LogP contribution is -2.38. The fourth-order valence-corrected chi connectivity index (χ4v) is 3.29. The van der Waals surface area contributed by atoms with E-state index in [0.29, 0.717) is 6.04 Å². The Hall–Kier alpha value is -1.39. The lowest BCUT2D eigenvalue weighted by atomic mass is 9.92. The fourth-order valence-electron chi connectivity index (χ4n) is 3.29. The average Bonchev–Trinajstić information content (AvgIpc) is 2.77. The van der Waals surface area contributed by atoms with Crippen molar-refractivity contribution in [3.63, 3.8) is 0 Å². The number of benzene rings is 1. The Kier molecular flexibility index (Phi) is 3.76. The van der Waals surface area contributed by atoms with Crippen molar-refractivity contribution < 1.29 is 5.11 Å². The Morgan fingerprint density at radius 3 is 2.90 bits per heavy atom. The van der Waals surface area contributed by atoms with Gasteiger partial charge in [-0.25, -0.2) is 4.98 Å². The van der Waals surface area contributed by atoms with Crippen molar-refractivity contribution in [2.75, 3.05) is 0 Å². The minimum Gasteiger partial charge on any atom is -0.393 e. The summed E-state index contributed by atoms with van der Waals surface area (Å²) in [6, 6.07) is 8.81. The van der Waals surface area contributed by atoms with Crippen LogP contribution in [-0.4, -0.2) is 26.8 Å². The molecule has 2 N–H and O–H groups in total. The summed E-state index contributed by atoms with van der Waals surface area (Å²) >= 11 is 0. The van der Waals surface area contributed by atoms with Gasteiger partial charge in [0.2, 0.25) is 0 Å². The van der Waals surface area contributed by atoms with E-state index in [9.17, 15) is 5.11 Å². The van der Waals surface area contributed by atoms with Crippen molar-refractivity contribution in [3.8, 4) is 0 Å². The Morgan fingerprint density at radius 1 is 1.35 bits per heavy atom. The maximum absolute atomic E-state index is 9.77. The van der Waals surface area contributed by atoms with Crippen LogP contribution in [0.5, 0.6) is 0 Å². The number of nitrogens with zero attached hydrogens (tertiary/aromatic N) is 2. The second-order valence-electron chi connectivity index (χ2n) is 5.92. The lowest BCUT2D eigenvalue weighted by molar-refractivity contribution is 0.109. The molecule has 1 heterocycles. The molecule has 108 valence electrons. The summed E-state index contributed by atoms with van der Waals surface area (Å²) in [5.74, 6) is 1.06. The molecule has 0 aliphatic heterocycles. The molecule has 3 unspecified atom stereocenters. The van der Waals surface area contributed by atoms with E-state index in [1.165, 1.54) is 5.52 Å². The number of para-hydroxylation sites is 2. The van der Waals surface area contributed by atoms with E-state index in [4.69, 9.17) is 4.98 Å². The molecular formula is C16H23N3O. The number of aryl methyl sites for hydroxylation is 1. The maximum Gasteiger partial charge on any atom is 0.126 e. The van der Waals surface area contributed by atoms with Crippen LogP contribution in [0.2, 0.25) is 0 Å². The fraction of sp³-hybridized carbons (Fsp3) is 0.562. The first-order chi connectivity index (χ1) is 9.65. The van der Waals surface area contributed by atoms with Gasteiger partial charge in [-0.05, 0) is 44.7 Å². The first-order valence-electron chi connectivity index (χ1n) is 7.50. The van der Waals surface area contributed by atoms with E-state index in [1.54, 1.807) is 0 Å². The van der Waals surface area contributed by atoms with Gasteiger partial charge in [-0.15, -0.1) is 0 Å². The Balaban J connectivity index is 1.78. The summed E-state index contributed by atoms with van der Waals surface area (Å²) in [4.78, 5) is 4.73. The number of imidazole rings is 1. The van der Waals surface area contributed by atoms with E-state index in [-0.39, 0.29) is 12.1 Å². The molecule has 0 spiro atoms. The minimum absolute atomic E-state index is 0.145. The summed E-state index contributed by atoms with van der Waals surface area (Å²) in [5, 5.41) is 13.4. The van der Waals surface area contributed by atoms with Crippen LogP contribution >= 0.6 is 0 Å². The van der Waals surface area contributed by atoms with Crippen LogP contribution in [0.3, 0.4) is 0 Å². The molecule has 3 atom stereocenters. The third kappa shape index (κ3) is 2.58. The maximum atomic E-state index is 9.77. The highest BCUT2D eigenvalue weighted by Crippen LogP contribution is 2.23. The molecule has 20 heavy (non-hydrogen) atoms. The van der Waals surface area contributed by atoms with Gasteiger partial charge in [0.05, 0.1) is 23.2 Å². The molecule has 1 aliphatic carbocycles. The van der Waals surface area contributed by atoms with Crippen molar-refractivity contribution in [2.24, 2.45) is 7.05 Å². The van der Waals surface area contributed by atoms with Gasteiger partial charge in [0.25, 0.3) is 0 Å². The Morgan fingerprint density at radius 2 is 2.15 bits per heavy atom. The van der Waals surface area contributed by atoms with E-state index in [2.05, 4.69) is 36.0 Å². The zero-order chi connectivity index (χ0) is 14.1. The summed E-state index contributed by atoms with van der Waals surface area (Å²) in [5.41, 5.74) is 2.21. The Labute approximate surface area is 119 Å². The third-order valence-electron chi connectivity index (χ3n) is 4.34. The highest BCUT2D eigenvalue weighted by atomic mass is 16.3. The molecule has 1 saturated carbocycles. The summed E-state index contributed by atoms with van der Waals surface area (Å²) in [6.07, 6.45) is 3.90. The monoisotopic (exact) mass is 273 g/mol. The summed E-state index contributed by atoms with van der Waals surface area (Å²) in [7, 11) is 2.07. The van der Waals surface area contributed by atoms with Gasteiger partial charge >= 0.3 is 0 Å². The molecule has 2 aromatic rings.